The summed E-state index contributed by atoms with van der Waals surface area (Å²) in [5.74, 6) is -0.291. The molecule has 0 bridgehead atoms. The van der Waals surface area contributed by atoms with Gasteiger partial charge in [0.15, 0.2) is 5.11 Å². The van der Waals surface area contributed by atoms with Gasteiger partial charge in [-0.25, -0.2) is 4.39 Å². The van der Waals surface area contributed by atoms with Crippen LogP contribution in [0.5, 0.6) is 0 Å². The Kier molecular flexibility index (Phi) is 4.87. The van der Waals surface area contributed by atoms with Crippen LogP contribution in [0.25, 0.3) is 5.69 Å². The number of aliphatic hydroxyl groups excluding tert-OH is 1. The predicted octanol–water partition coefficient (Wildman–Crippen LogP) is 2.98. The lowest BCUT2D eigenvalue weighted by Gasteiger charge is -2.28. The van der Waals surface area contributed by atoms with Gasteiger partial charge >= 0.3 is 0 Å². The second-order valence-electron chi connectivity index (χ2n) is 6.33. The molecule has 138 valence electrons. The van der Waals surface area contributed by atoms with Gasteiger partial charge in [-0.1, -0.05) is 12.1 Å². The highest BCUT2D eigenvalue weighted by atomic mass is 32.1. The number of rotatable bonds is 5. The molecule has 1 aliphatic rings. The number of nitrogens with one attached hydrogen (secondary N) is 1. The Morgan fingerprint density at radius 2 is 2.04 bits per heavy atom. The van der Waals surface area contributed by atoms with E-state index in [9.17, 15) is 9.50 Å². The third kappa shape index (κ3) is 3.31. The molecule has 2 atom stereocenters. The standard InChI is InChI=1S/C20H19FN4OS/c21-14-5-3-6-15(13-14)24-10-4-8-17(24)19-18(16-7-1-2-9-22-16)23-20(27)25(19)11-12-26/h1-10,13,18-19,26H,11-12H2,(H,23,27)/t18-,19+/m1/s1. The van der Waals surface area contributed by atoms with E-state index in [0.29, 0.717) is 11.7 Å². The minimum atomic E-state index is -0.291. The molecule has 2 aromatic heterocycles. The fourth-order valence-corrected chi connectivity index (χ4v) is 3.90. The molecule has 1 aliphatic heterocycles. The molecule has 1 fully saturated rings. The zero-order valence-electron chi connectivity index (χ0n) is 14.5. The SMILES string of the molecule is OCCN1C(=S)N[C@H](c2ccccn2)[C@@H]1c1cccn1-c1cccc(F)c1. The normalized spacial score (nSPS) is 19.3. The summed E-state index contributed by atoms with van der Waals surface area (Å²) in [4.78, 5) is 6.44. The van der Waals surface area contributed by atoms with E-state index in [0.717, 1.165) is 17.1 Å². The van der Waals surface area contributed by atoms with Gasteiger partial charge < -0.3 is 19.9 Å². The Balaban J connectivity index is 1.81. The number of benzene rings is 1. The highest BCUT2D eigenvalue weighted by Gasteiger charge is 2.40. The van der Waals surface area contributed by atoms with E-state index in [-0.39, 0.29) is 24.5 Å². The lowest BCUT2D eigenvalue weighted by Crippen LogP contribution is -2.32. The Morgan fingerprint density at radius 3 is 2.78 bits per heavy atom. The number of thiocarbonyl (C=S) groups is 1. The summed E-state index contributed by atoms with van der Waals surface area (Å²) in [7, 11) is 0. The highest BCUT2D eigenvalue weighted by molar-refractivity contribution is 7.80. The van der Waals surface area contributed by atoms with Crippen LogP contribution >= 0.6 is 12.2 Å². The van der Waals surface area contributed by atoms with E-state index in [1.807, 2.05) is 52.1 Å². The van der Waals surface area contributed by atoms with Crippen LogP contribution in [0.3, 0.4) is 0 Å². The van der Waals surface area contributed by atoms with Crippen molar-refractivity contribution in [2.24, 2.45) is 0 Å². The van der Waals surface area contributed by atoms with Crippen molar-refractivity contribution in [3.05, 3.63) is 84.2 Å². The molecule has 3 heterocycles. The van der Waals surface area contributed by atoms with Gasteiger partial charge in [-0.3, -0.25) is 4.98 Å². The van der Waals surface area contributed by atoms with Crippen LogP contribution in [0.15, 0.2) is 67.0 Å². The molecule has 4 rings (SSSR count). The lowest BCUT2D eigenvalue weighted by atomic mass is 10.0. The molecule has 0 spiro atoms. The molecule has 2 N–H and O–H groups in total. The number of aromatic nitrogens is 2. The van der Waals surface area contributed by atoms with Gasteiger partial charge in [0, 0.05) is 30.3 Å². The maximum absolute atomic E-state index is 13.8. The average Bonchev–Trinajstić information content (AvgIpc) is 3.28. The number of β-amino-alcohol motifs (C(OH)–C–C–N with tert-alkyl or cyclic N) is 1. The maximum atomic E-state index is 13.8. The zero-order valence-corrected chi connectivity index (χ0v) is 15.3. The largest absolute Gasteiger partial charge is 0.395 e. The molecule has 0 amide bonds. The van der Waals surface area contributed by atoms with Crippen LogP contribution in [-0.2, 0) is 0 Å². The van der Waals surface area contributed by atoms with E-state index in [1.165, 1.54) is 12.1 Å². The monoisotopic (exact) mass is 382 g/mol. The first-order valence-electron chi connectivity index (χ1n) is 8.71. The Labute approximate surface area is 162 Å². The smallest absolute Gasteiger partial charge is 0.170 e. The third-order valence-corrected chi connectivity index (χ3v) is 5.06. The van der Waals surface area contributed by atoms with Gasteiger partial charge in [-0.15, -0.1) is 0 Å². The Morgan fingerprint density at radius 1 is 1.15 bits per heavy atom. The molecule has 3 aromatic rings. The molecule has 1 saturated heterocycles. The van der Waals surface area contributed by atoms with E-state index in [2.05, 4.69) is 10.3 Å². The molecule has 0 unspecified atom stereocenters. The highest BCUT2D eigenvalue weighted by Crippen LogP contribution is 2.39. The fraction of sp³-hybridized carbons (Fsp3) is 0.200. The van der Waals surface area contributed by atoms with Gasteiger partial charge in [0.1, 0.15) is 5.82 Å². The van der Waals surface area contributed by atoms with Gasteiger partial charge in [0.25, 0.3) is 0 Å². The minimum absolute atomic E-state index is 0.0199. The number of pyridine rings is 1. The summed E-state index contributed by atoms with van der Waals surface area (Å²) in [6, 6.07) is 15.8. The molecule has 0 saturated carbocycles. The fourth-order valence-electron chi connectivity index (χ4n) is 3.57. The van der Waals surface area contributed by atoms with Crippen molar-refractivity contribution in [1.82, 2.24) is 19.8 Å². The molecular weight excluding hydrogens is 363 g/mol. The van der Waals surface area contributed by atoms with Gasteiger partial charge in [0.2, 0.25) is 0 Å². The lowest BCUT2D eigenvalue weighted by molar-refractivity contribution is 0.220. The number of hydrogen-bond acceptors (Lipinski definition) is 3. The van der Waals surface area contributed by atoms with E-state index in [1.54, 1.807) is 12.3 Å². The molecular formula is C20H19FN4OS. The van der Waals surface area contributed by atoms with Crippen LogP contribution in [0.2, 0.25) is 0 Å². The molecule has 27 heavy (non-hydrogen) atoms. The molecule has 5 nitrogen and oxygen atoms in total. The number of halogens is 1. The first-order chi connectivity index (χ1) is 13.2. The van der Waals surface area contributed by atoms with Gasteiger partial charge in [0.05, 0.1) is 24.4 Å². The summed E-state index contributed by atoms with van der Waals surface area (Å²) in [6.45, 7) is 0.377. The van der Waals surface area contributed by atoms with Crippen LogP contribution in [0.4, 0.5) is 4.39 Å². The van der Waals surface area contributed by atoms with Crippen molar-refractivity contribution in [1.29, 1.82) is 0 Å². The summed E-state index contributed by atoms with van der Waals surface area (Å²) < 4.78 is 15.7. The zero-order chi connectivity index (χ0) is 18.8. The second-order valence-corrected chi connectivity index (χ2v) is 6.71. The van der Waals surface area contributed by atoms with E-state index >= 15 is 0 Å². The Bertz CT molecular complexity index is 946. The van der Waals surface area contributed by atoms with Crippen molar-refractivity contribution in [2.45, 2.75) is 12.1 Å². The van der Waals surface area contributed by atoms with Crippen molar-refractivity contribution in [3.8, 4) is 5.69 Å². The van der Waals surface area contributed by atoms with Gasteiger partial charge in [-0.05, 0) is 54.7 Å². The van der Waals surface area contributed by atoms with Crippen molar-refractivity contribution in [3.63, 3.8) is 0 Å². The summed E-state index contributed by atoms with van der Waals surface area (Å²) in [5, 5.41) is 13.4. The topological polar surface area (TPSA) is 53.3 Å². The predicted molar refractivity (Wildman–Crippen MR) is 105 cm³/mol. The maximum Gasteiger partial charge on any atom is 0.170 e. The third-order valence-electron chi connectivity index (χ3n) is 4.71. The second kappa shape index (κ2) is 7.46. The van der Waals surface area contributed by atoms with Crippen molar-refractivity contribution >= 4 is 17.3 Å². The van der Waals surface area contributed by atoms with Crippen LogP contribution in [-0.4, -0.2) is 37.8 Å². The number of aliphatic hydroxyl groups is 1. The summed E-state index contributed by atoms with van der Waals surface area (Å²) in [6.07, 6.45) is 3.65. The number of hydrogen-bond donors (Lipinski definition) is 2. The summed E-state index contributed by atoms with van der Waals surface area (Å²) in [5.41, 5.74) is 2.53. The van der Waals surface area contributed by atoms with E-state index in [4.69, 9.17) is 12.2 Å². The molecule has 0 aliphatic carbocycles. The number of nitrogens with zero attached hydrogens (tertiary/aromatic N) is 3. The average molecular weight is 382 g/mol. The minimum Gasteiger partial charge on any atom is -0.395 e. The molecule has 0 radical (unpaired) electrons. The summed E-state index contributed by atoms with van der Waals surface area (Å²) >= 11 is 5.52. The quantitative estimate of drug-likeness (QED) is 0.665. The van der Waals surface area contributed by atoms with Crippen molar-refractivity contribution < 1.29 is 9.50 Å². The first-order valence-corrected chi connectivity index (χ1v) is 9.12. The first kappa shape index (κ1) is 17.6. The molecule has 7 heteroatoms. The molecule has 1 aromatic carbocycles. The Hall–Kier alpha value is -2.77. The van der Waals surface area contributed by atoms with E-state index < -0.39 is 0 Å². The van der Waals surface area contributed by atoms with Crippen LogP contribution < -0.4 is 5.32 Å². The van der Waals surface area contributed by atoms with Gasteiger partial charge in [-0.2, -0.15) is 0 Å². The van der Waals surface area contributed by atoms with Crippen molar-refractivity contribution in [2.75, 3.05) is 13.2 Å². The van der Waals surface area contributed by atoms with Crippen LogP contribution in [0, 0.1) is 5.82 Å². The van der Waals surface area contributed by atoms with Crippen LogP contribution in [0.1, 0.15) is 23.5 Å².